The maximum Gasteiger partial charge on any atom is 0.281 e. The van der Waals surface area contributed by atoms with Gasteiger partial charge in [-0.3, -0.25) is 9.40 Å². The van der Waals surface area contributed by atoms with E-state index >= 15 is 0 Å². The van der Waals surface area contributed by atoms with Gasteiger partial charge in [0.05, 0.1) is 17.8 Å². The summed E-state index contributed by atoms with van der Waals surface area (Å²) in [6.45, 7) is 1.94. The maximum atomic E-state index is 12.5. The van der Waals surface area contributed by atoms with Crippen LogP contribution in [0, 0.1) is 6.92 Å². The Kier molecular flexibility index (Phi) is 3.82. The molecule has 0 aliphatic heterocycles. The molecule has 0 spiro atoms. The van der Waals surface area contributed by atoms with Crippen molar-refractivity contribution in [2.75, 3.05) is 11.4 Å². The number of hydrogen-bond donors (Lipinski definition) is 1. The molecule has 19 heavy (non-hydrogen) atoms. The van der Waals surface area contributed by atoms with E-state index in [9.17, 15) is 8.42 Å². The number of rotatable bonds is 4. The summed E-state index contributed by atoms with van der Waals surface area (Å²) in [5.74, 6) is 0.0901. The molecule has 1 aromatic heterocycles. The van der Waals surface area contributed by atoms with Gasteiger partial charge in [-0.25, -0.2) is 0 Å². The minimum atomic E-state index is -3.67. The third-order valence-corrected chi connectivity index (χ3v) is 4.93. The van der Waals surface area contributed by atoms with E-state index in [0.29, 0.717) is 11.3 Å². The number of halogens is 1. The number of aryl methyl sites for hydroxylation is 1. The van der Waals surface area contributed by atoms with Crippen LogP contribution in [-0.2, 0) is 15.9 Å². The number of benzene rings is 1. The van der Waals surface area contributed by atoms with Gasteiger partial charge in [-0.2, -0.15) is 13.5 Å². The number of H-pyrrole nitrogens is 1. The average Bonchev–Trinajstić information content (AvgIpc) is 2.87. The Morgan fingerprint density at radius 3 is 2.53 bits per heavy atom. The van der Waals surface area contributed by atoms with Crippen molar-refractivity contribution in [1.29, 1.82) is 0 Å². The number of sulfonamides is 1. The van der Waals surface area contributed by atoms with Crippen LogP contribution in [0.15, 0.2) is 35.5 Å². The summed E-state index contributed by atoms with van der Waals surface area (Å²) in [4.78, 5) is 0. The van der Waals surface area contributed by atoms with Crippen molar-refractivity contribution in [1.82, 2.24) is 10.2 Å². The van der Waals surface area contributed by atoms with Crippen molar-refractivity contribution in [2.24, 2.45) is 0 Å². The van der Waals surface area contributed by atoms with Gasteiger partial charge in [-0.15, -0.1) is 11.6 Å². The SMILES string of the molecule is Cc1ccc(N(C)S(=O)(=O)c2[nH]ncc2CCl)cc1. The van der Waals surface area contributed by atoms with Gasteiger partial charge >= 0.3 is 0 Å². The molecule has 2 rings (SSSR count). The third kappa shape index (κ3) is 2.59. The summed E-state index contributed by atoms with van der Waals surface area (Å²) in [5, 5.41) is 6.26. The lowest BCUT2D eigenvalue weighted by molar-refractivity contribution is 0.589. The fourth-order valence-corrected chi connectivity index (χ4v) is 3.23. The molecule has 0 radical (unpaired) electrons. The Bertz CT molecular complexity index is 665. The summed E-state index contributed by atoms with van der Waals surface area (Å²) in [7, 11) is -2.17. The highest BCUT2D eigenvalue weighted by molar-refractivity contribution is 7.92. The average molecular weight is 300 g/mol. The van der Waals surface area contributed by atoms with Crippen LogP contribution in [0.3, 0.4) is 0 Å². The Morgan fingerprint density at radius 2 is 1.95 bits per heavy atom. The van der Waals surface area contributed by atoms with Gasteiger partial charge < -0.3 is 0 Å². The second-order valence-electron chi connectivity index (χ2n) is 4.17. The molecule has 0 atom stereocenters. The summed E-state index contributed by atoms with van der Waals surface area (Å²) in [5.41, 5.74) is 2.11. The normalized spacial score (nSPS) is 11.5. The molecule has 1 aromatic carbocycles. The van der Waals surface area contributed by atoms with Crippen LogP contribution in [0.2, 0.25) is 0 Å². The van der Waals surface area contributed by atoms with Crippen molar-refractivity contribution < 1.29 is 8.42 Å². The van der Waals surface area contributed by atoms with E-state index in [4.69, 9.17) is 11.6 Å². The van der Waals surface area contributed by atoms with Crippen LogP contribution < -0.4 is 4.31 Å². The number of nitrogens with zero attached hydrogens (tertiary/aromatic N) is 2. The highest BCUT2D eigenvalue weighted by atomic mass is 35.5. The largest absolute Gasteiger partial charge is 0.281 e. The number of anilines is 1. The number of alkyl halides is 1. The molecule has 0 aliphatic carbocycles. The van der Waals surface area contributed by atoms with Crippen molar-refractivity contribution in [3.63, 3.8) is 0 Å². The lowest BCUT2D eigenvalue weighted by Gasteiger charge is -2.19. The molecule has 0 saturated heterocycles. The zero-order valence-electron chi connectivity index (χ0n) is 10.6. The molecule has 0 bridgehead atoms. The molecule has 0 amide bonds. The number of nitrogens with one attached hydrogen (secondary N) is 1. The molecule has 102 valence electrons. The van der Waals surface area contributed by atoms with E-state index < -0.39 is 10.0 Å². The zero-order chi connectivity index (χ0) is 14.0. The molecule has 2 aromatic rings. The molecule has 0 saturated carbocycles. The quantitative estimate of drug-likeness (QED) is 0.881. The smallest absolute Gasteiger partial charge is 0.268 e. The van der Waals surface area contributed by atoms with Crippen LogP contribution in [-0.4, -0.2) is 25.7 Å². The fourth-order valence-electron chi connectivity index (χ4n) is 1.65. The Hall–Kier alpha value is -1.53. The second kappa shape index (κ2) is 5.22. The van der Waals surface area contributed by atoms with Gasteiger partial charge in [0.15, 0.2) is 5.03 Å². The van der Waals surface area contributed by atoms with Gasteiger partial charge in [0.25, 0.3) is 10.0 Å². The zero-order valence-corrected chi connectivity index (χ0v) is 12.2. The molecule has 5 nitrogen and oxygen atoms in total. The van der Waals surface area contributed by atoms with Crippen LogP contribution in [0.1, 0.15) is 11.1 Å². The first-order valence-corrected chi connectivity index (χ1v) is 7.58. The van der Waals surface area contributed by atoms with Crippen molar-refractivity contribution in [3.05, 3.63) is 41.6 Å². The van der Waals surface area contributed by atoms with E-state index in [1.165, 1.54) is 17.5 Å². The first-order valence-electron chi connectivity index (χ1n) is 5.60. The van der Waals surface area contributed by atoms with Gasteiger partial charge in [-0.1, -0.05) is 17.7 Å². The molecule has 1 N–H and O–H groups in total. The number of aromatic amines is 1. The van der Waals surface area contributed by atoms with E-state index in [2.05, 4.69) is 10.2 Å². The first kappa shape index (κ1) is 13.9. The molecule has 7 heteroatoms. The molecule has 0 unspecified atom stereocenters. The molecular weight excluding hydrogens is 286 g/mol. The highest BCUT2D eigenvalue weighted by Gasteiger charge is 2.25. The van der Waals surface area contributed by atoms with Crippen molar-refractivity contribution >= 4 is 27.3 Å². The molecule has 1 heterocycles. The van der Waals surface area contributed by atoms with Crippen LogP contribution in [0.5, 0.6) is 0 Å². The van der Waals surface area contributed by atoms with E-state index in [0.717, 1.165) is 5.56 Å². The van der Waals surface area contributed by atoms with E-state index in [1.54, 1.807) is 12.1 Å². The van der Waals surface area contributed by atoms with Crippen LogP contribution in [0.4, 0.5) is 5.69 Å². The highest BCUT2D eigenvalue weighted by Crippen LogP contribution is 2.23. The van der Waals surface area contributed by atoms with Crippen LogP contribution in [0.25, 0.3) is 0 Å². The van der Waals surface area contributed by atoms with Gasteiger partial charge in [-0.05, 0) is 19.1 Å². The van der Waals surface area contributed by atoms with Crippen molar-refractivity contribution in [3.8, 4) is 0 Å². The number of aromatic nitrogens is 2. The van der Waals surface area contributed by atoms with Gasteiger partial charge in [0.2, 0.25) is 0 Å². The van der Waals surface area contributed by atoms with Crippen LogP contribution >= 0.6 is 11.6 Å². The summed E-state index contributed by atoms with van der Waals surface area (Å²) < 4.78 is 26.1. The minimum absolute atomic E-state index is 0.0329. The van der Waals surface area contributed by atoms with Gasteiger partial charge in [0.1, 0.15) is 0 Å². The predicted molar refractivity (Wildman–Crippen MR) is 74.9 cm³/mol. The predicted octanol–water partition coefficient (Wildman–Crippen LogP) is 2.28. The summed E-state index contributed by atoms with van der Waals surface area (Å²) in [6.07, 6.45) is 1.42. The third-order valence-electron chi connectivity index (χ3n) is 2.84. The molecular formula is C12H14ClN3O2S. The Balaban J connectivity index is 2.42. The summed E-state index contributed by atoms with van der Waals surface area (Å²) in [6, 6.07) is 7.22. The Labute approximate surface area is 117 Å². The lowest BCUT2D eigenvalue weighted by Crippen LogP contribution is -2.27. The fraction of sp³-hybridized carbons (Fsp3) is 0.250. The van der Waals surface area contributed by atoms with Gasteiger partial charge in [0, 0.05) is 12.6 Å². The number of hydrogen-bond acceptors (Lipinski definition) is 3. The molecule has 0 fully saturated rings. The van der Waals surface area contributed by atoms with E-state index in [-0.39, 0.29) is 10.9 Å². The van der Waals surface area contributed by atoms with E-state index in [1.807, 2.05) is 19.1 Å². The summed E-state index contributed by atoms with van der Waals surface area (Å²) >= 11 is 5.71. The standard InChI is InChI=1S/C12H14ClN3O2S/c1-9-3-5-11(6-4-9)16(2)19(17,18)12-10(7-13)8-14-15-12/h3-6,8H,7H2,1-2H3,(H,14,15). The first-order chi connectivity index (χ1) is 8.96. The minimum Gasteiger partial charge on any atom is -0.268 e. The lowest BCUT2D eigenvalue weighted by atomic mass is 10.2. The Morgan fingerprint density at radius 1 is 1.32 bits per heavy atom. The van der Waals surface area contributed by atoms with Crippen molar-refractivity contribution in [2.45, 2.75) is 17.8 Å². The second-order valence-corrected chi connectivity index (χ2v) is 6.34. The topological polar surface area (TPSA) is 66.1 Å². The maximum absolute atomic E-state index is 12.5. The monoisotopic (exact) mass is 299 g/mol. The molecule has 0 aliphatic rings.